The van der Waals surface area contributed by atoms with Crippen LogP contribution in [0, 0.1) is 0 Å². The van der Waals surface area contributed by atoms with Crippen LogP contribution in [0.5, 0.6) is 5.75 Å². The maximum absolute atomic E-state index is 12.9. The number of carbonyl (C=O) groups is 1. The summed E-state index contributed by atoms with van der Waals surface area (Å²) >= 11 is 0. The monoisotopic (exact) mass is 390 g/mol. The number of benzene rings is 2. The van der Waals surface area contributed by atoms with E-state index in [9.17, 15) is 14.7 Å². The molecule has 0 unspecified atom stereocenters. The van der Waals surface area contributed by atoms with Gasteiger partial charge in [0.05, 0.1) is 6.54 Å². The van der Waals surface area contributed by atoms with Crippen molar-refractivity contribution in [1.29, 1.82) is 0 Å². The lowest BCUT2D eigenvalue weighted by Crippen LogP contribution is -2.49. The van der Waals surface area contributed by atoms with Gasteiger partial charge in [-0.3, -0.25) is 9.59 Å². The average Bonchev–Trinajstić information content (AvgIpc) is 2.76. The maximum Gasteiger partial charge on any atom is 0.274 e. The van der Waals surface area contributed by atoms with E-state index in [1.165, 1.54) is 16.8 Å². The standard InChI is InChI=1S/C22H22N4O3/c27-19-8-6-18(7-9-19)24-12-14-25(15-13-24)22(29)20-10-11-21(28)26(23-20)16-17-4-2-1-3-5-17/h1-11,27H,12-16H2. The Bertz CT molecular complexity index is 1040. The first-order valence-electron chi connectivity index (χ1n) is 9.55. The fraction of sp³-hybridized carbons (Fsp3) is 0.227. The Hall–Kier alpha value is -3.61. The van der Waals surface area contributed by atoms with E-state index in [1.54, 1.807) is 17.0 Å². The number of rotatable bonds is 4. The molecule has 0 spiro atoms. The van der Waals surface area contributed by atoms with E-state index in [4.69, 9.17) is 0 Å². The lowest BCUT2D eigenvalue weighted by Gasteiger charge is -2.36. The summed E-state index contributed by atoms with van der Waals surface area (Å²) in [5.74, 6) is 0.0661. The quantitative estimate of drug-likeness (QED) is 0.737. The van der Waals surface area contributed by atoms with E-state index in [1.807, 2.05) is 42.5 Å². The van der Waals surface area contributed by atoms with E-state index in [-0.39, 0.29) is 22.9 Å². The highest BCUT2D eigenvalue weighted by atomic mass is 16.3. The maximum atomic E-state index is 12.9. The first-order chi connectivity index (χ1) is 14.1. The summed E-state index contributed by atoms with van der Waals surface area (Å²) in [6, 6.07) is 19.5. The smallest absolute Gasteiger partial charge is 0.274 e. The summed E-state index contributed by atoms with van der Waals surface area (Å²) in [4.78, 5) is 29.0. The molecule has 0 aliphatic carbocycles. The van der Waals surface area contributed by atoms with Crippen molar-refractivity contribution >= 4 is 11.6 Å². The van der Waals surface area contributed by atoms with Crippen molar-refractivity contribution < 1.29 is 9.90 Å². The topological polar surface area (TPSA) is 78.7 Å². The summed E-state index contributed by atoms with van der Waals surface area (Å²) in [6.07, 6.45) is 0. The van der Waals surface area contributed by atoms with Crippen LogP contribution in [-0.2, 0) is 6.54 Å². The Kier molecular flexibility index (Phi) is 5.29. The van der Waals surface area contributed by atoms with Crippen molar-refractivity contribution in [2.45, 2.75) is 6.54 Å². The van der Waals surface area contributed by atoms with Crippen molar-refractivity contribution in [2.24, 2.45) is 0 Å². The number of nitrogens with zero attached hydrogens (tertiary/aromatic N) is 4. The van der Waals surface area contributed by atoms with Gasteiger partial charge in [-0.2, -0.15) is 5.10 Å². The van der Waals surface area contributed by atoms with Crippen LogP contribution in [0.2, 0.25) is 0 Å². The van der Waals surface area contributed by atoms with Gasteiger partial charge in [-0.15, -0.1) is 0 Å². The Morgan fingerprint density at radius 1 is 0.897 bits per heavy atom. The predicted octanol–water partition coefficient (Wildman–Crippen LogP) is 1.96. The zero-order valence-electron chi connectivity index (χ0n) is 15.9. The molecule has 7 nitrogen and oxygen atoms in total. The fourth-order valence-corrected chi connectivity index (χ4v) is 3.43. The zero-order chi connectivity index (χ0) is 20.2. The van der Waals surface area contributed by atoms with E-state index in [0.717, 1.165) is 11.3 Å². The van der Waals surface area contributed by atoms with Crippen LogP contribution < -0.4 is 10.5 Å². The van der Waals surface area contributed by atoms with Crippen LogP contribution in [0.4, 0.5) is 5.69 Å². The second kappa shape index (κ2) is 8.18. The molecule has 4 rings (SSSR count). The molecule has 1 aliphatic heterocycles. The third-order valence-electron chi connectivity index (χ3n) is 5.04. The van der Waals surface area contributed by atoms with Gasteiger partial charge in [0.15, 0.2) is 0 Å². The van der Waals surface area contributed by atoms with Crippen LogP contribution in [0.25, 0.3) is 0 Å². The zero-order valence-corrected chi connectivity index (χ0v) is 15.9. The minimum Gasteiger partial charge on any atom is -0.508 e. The van der Waals surface area contributed by atoms with Gasteiger partial charge in [-0.05, 0) is 35.9 Å². The second-order valence-corrected chi connectivity index (χ2v) is 7.00. The number of phenols is 1. The van der Waals surface area contributed by atoms with E-state index < -0.39 is 0 Å². The molecule has 0 bridgehead atoms. The fourth-order valence-electron chi connectivity index (χ4n) is 3.43. The Morgan fingerprint density at radius 2 is 1.59 bits per heavy atom. The van der Waals surface area contributed by atoms with Gasteiger partial charge < -0.3 is 14.9 Å². The van der Waals surface area contributed by atoms with Gasteiger partial charge in [-0.1, -0.05) is 30.3 Å². The summed E-state index contributed by atoms with van der Waals surface area (Å²) < 4.78 is 1.33. The molecule has 0 radical (unpaired) electrons. The van der Waals surface area contributed by atoms with Crippen LogP contribution in [0.15, 0.2) is 71.5 Å². The number of hydrogen-bond donors (Lipinski definition) is 1. The first-order valence-corrected chi connectivity index (χ1v) is 9.55. The van der Waals surface area contributed by atoms with Gasteiger partial charge in [0, 0.05) is 37.9 Å². The molecule has 1 amide bonds. The van der Waals surface area contributed by atoms with E-state index in [0.29, 0.717) is 32.7 Å². The average molecular weight is 390 g/mol. The molecular weight excluding hydrogens is 368 g/mol. The number of amides is 1. The Labute approximate surface area is 168 Å². The summed E-state index contributed by atoms with van der Waals surface area (Å²) in [6.45, 7) is 2.86. The second-order valence-electron chi connectivity index (χ2n) is 7.00. The van der Waals surface area contributed by atoms with E-state index >= 15 is 0 Å². The van der Waals surface area contributed by atoms with Gasteiger partial charge in [0.25, 0.3) is 11.5 Å². The van der Waals surface area contributed by atoms with Gasteiger partial charge in [0.2, 0.25) is 0 Å². The number of piperazine rings is 1. The van der Waals surface area contributed by atoms with Crippen molar-refractivity contribution in [3.63, 3.8) is 0 Å². The highest BCUT2D eigenvalue weighted by molar-refractivity contribution is 5.92. The van der Waals surface area contributed by atoms with Crippen molar-refractivity contribution in [3.8, 4) is 5.75 Å². The molecule has 1 saturated heterocycles. The largest absolute Gasteiger partial charge is 0.508 e. The highest BCUT2D eigenvalue weighted by Gasteiger charge is 2.23. The molecule has 2 heterocycles. The minimum absolute atomic E-state index is 0.169. The summed E-state index contributed by atoms with van der Waals surface area (Å²) in [5, 5.41) is 13.7. The Balaban J connectivity index is 1.44. The number of phenolic OH excluding ortho intramolecular Hbond substituents is 1. The molecule has 2 aromatic carbocycles. The SMILES string of the molecule is O=C(c1ccc(=O)n(Cc2ccccc2)n1)N1CCN(c2ccc(O)cc2)CC1. The number of anilines is 1. The normalized spacial score (nSPS) is 14.1. The third kappa shape index (κ3) is 4.29. The van der Waals surface area contributed by atoms with Gasteiger partial charge >= 0.3 is 0 Å². The highest BCUT2D eigenvalue weighted by Crippen LogP contribution is 2.20. The third-order valence-corrected chi connectivity index (χ3v) is 5.04. The van der Waals surface area contributed by atoms with Crippen molar-refractivity contribution in [3.05, 3.63) is 88.3 Å². The number of carbonyl (C=O) groups excluding carboxylic acids is 1. The Morgan fingerprint density at radius 3 is 2.28 bits per heavy atom. The van der Waals surface area contributed by atoms with Crippen LogP contribution in [0.3, 0.4) is 0 Å². The van der Waals surface area contributed by atoms with E-state index in [2.05, 4.69) is 10.00 Å². The lowest BCUT2D eigenvalue weighted by molar-refractivity contribution is 0.0738. The molecule has 3 aromatic rings. The summed E-state index contributed by atoms with van der Waals surface area (Å²) in [5.41, 5.74) is 2.01. The van der Waals surface area contributed by atoms with Crippen LogP contribution in [-0.4, -0.2) is 51.9 Å². The predicted molar refractivity (Wildman–Crippen MR) is 110 cm³/mol. The number of hydrogen-bond acceptors (Lipinski definition) is 5. The number of aromatic nitrogens is 2. The molecule has 7 heteroatoms. The molecule has 1 aromatic heterocycles. The molecule has 0 saturated carbocycles. The van der Waals surface area contributed by atoms with Gasteiger partial charge in [-0.25, -0.2) is 4.68 Å². The van der Waals surface area contributed by atoms with Crippen molar-refractivity contribution in [1.82, 2.24) is 14.7 Å². The lowest BCUT2D eigenvalue weighted by atomic mass is 10.2. The molecule has 1 N–H and O–H groups in total. The van der Waals surface area contributed by atoms with Crippen LogP contribution in [0.1, 0.15) is 16.1 Å². The molecule has 148 valence electrons. The molecule has 1 aliphatic rings. The molecule has 29 heavy (non-hydrogen) atoms. The molecular formula is C22H22N4O3. The summed E-state index contributed by atoms with van der Waals surface area (Å²) in [7, 11) is 0. The molecule has 1 fully saturated rings. The number of aromatic hydroxyl groups is 1. The minimum atomic E-state index is -0.234. The van der Waals surface area contributed by atoms with Crippen molar-refractivity contribution in [2.75, 3.05) is 31.1 Å². The van der Waals surface area contributed by atoms with Gasteiger partial charge in [0.1, 0.15) is 11.4 Å². The van der Waals surface area contributed by atoms with Crippen LogP contribution >= 0.6 is 0 Å². The first kappa shape index (κ1) is 18.7. The molecule has 0 atom stereocenters.